The molecule has 0 radical (unpaired) electrons. The van der Waals surface area contributed by atoms with Crippen molar-refractivity contribution in [2.45, 2.75) is 6.18 Å². The first-order valence-electron chi connectivity index (χ1n) is 5.41. The van der Waals surface area contributed by atoms with Gasteiger partial charge in [0.25, 0.3) is 0 Å². The highest BCUT2D eigenvalue weighted by Gasteiger charge is 2.33. The van der Waals surface area contributed by atoms with Gasteiger partial charge in [-0.15, -0.1) is 0 Å². The number of rotatable bonds is 2. The first-order valence-corrected chi connectivity index (χ1v) is 5.41. The van der Waals surface area contributed by atoms with E-state index in [1.54, 1.807) is 6.07 Å². The number of hydrogen-bond acceptors (Lipinski definition) is 3. The average Bonchev–Trinajstić information content (AvgIpc) is 2.40. The number of nitrogens with zero attached hydrogens (tertiary/aromatic N) is 2. The molecule has 0 atom stereocenters. The molecule has 2 aromatic rings. The maximum atomic E-state index is 12.7. The van der Waals surface area contributed by atoms with Crippen LogP contribution in [0.1, 0.15) is 11.3 Å². The number of alkyl halides is 3. The van der Waals surface area contributed by atoms with E-state index in [4.69, 9.17) is 5.26 Å². The molecule has 1 aromatic heterocycles. The Labute approximate surface area is 111 Å². The standard InChI is InChI=1S/C13H7F4N3/c14-9-2-4-10(5-3-9)19-12-8(7-18)1-6-11(20-12)13(15,16)17/h1-6H,(H,19,20). The summed E-state index contributed by atoms with van der Waals surface area (Å²) in [4.78, 5) is 3.38. The third kappa shape index (κ3) is 3.03. The van der Waals surface area contributed by atoms with Gasteiger partial charge in [-0.25, -0.2) is 9.37 Å². The van der Waals surface area contributed by atoms with E-state index in [0.29, 0.717) is 5.69 Å². The maximum absolute atomic E-state index is 12.7. The Morgan fingerprint density at radius 3 is 2.25 bits per heavy atom. The Bertz CT molecular complexity index is 657. The molecule has 2 rings (SSSR count). The quantitative estimate of drug-likeness (QED) is 0.850. The van der Waals surface area contributed by atoms with Crippen LogP contribution in [0.4, 0.5) is 29.1 Å². The van der Waals surface area contributed by atoms with Gasteiger partial charge in [0.2, 0.25) is 0 Å². The molecule has 102 valence electrons. The van der Waals surface area contributed by atoms with Crippen molar-refractivity contribution in [2.75, 3.05) is 5.32 Å². The molecular weight excluding hydrogens is 274 g/mol. The molecule has 20 heavy (non-hydrogen) atoms. The minimum Gasteiger partial charge on any atom is -0.339 e. The zero-order chi connectivity index (χ0) is 14.8. The normalized spacial score (nSPS) is 10.9. The van der Waals surface area contributed by atoms with Crippen LogP contribution in [0, 0.1) is 17.1 Å². The third-order valence-electron chi connectivity index (χ3n) is 2.41. The highest BCUT2D eigenvalue weighted by Crippen LogP contribution is 2.30. The molecule has 0 aliphatic heterocycles. The molecule has 1 heterocycles. The number of halogens is 4. The van der Waals surface area contributed by atoms with Crippen molar-refractivity contribution in [1.29, 1.82) is 5.26 Å². The summed E-state index contributed by atoms with van der Waals surface area (Å²) in [6.45, 7) is 0. The zero-order valence-electron chi connectivity index (χ0n) is 9.87. The van der Waals surface area contributed by atoms with Gasteiger partial charge >= 0.3 is 6.18 Å². The van der Waals surface area contributed by atoms with Crippen molar-refractivity contribution in [3.05, 3.63) is 53.5 Å². The van der Waals surface area contributed by atoms with Gasteiger partial charge in [-0.05, 0) is 36.4 Å². The number of benzene rings is 1. The molecular formula is C13H7F4N3. The summed E-state index contributed by atoms with van der Waals surface area (Å²) in [7, 11) is 0. The summed E-state index contributed by atoms with van der Waals surface area (Å²) < 4.78 is 50.5. The summed E-state index contributed by atoms with van der Waals surface area (Å²) in [6, 6.07) is 8.44. The Balaban J connectivity index is 2.39. The van der Waals surface area contributed by atoms with Crippen molar-refractivity contribution in [1.82, 2.24) is 4.98 Å². The van der Waals surface area contributed by atoms with Gasteiger partial charge in [0.1, 0.15) is 23.4 Å². The molecule has 0 fully saturated rings. The van der Waals surface area contributed by atoms with Crippen LogP contribution in [0.25, 0.3) is 0 Å². The Kier molecular flexibility index (Phi) is 3.57. The minimum absolute atomic E-state index is 0.0395. The Hall–Kier alpha value is -2.62. The summed E-state index contributed by atoms with van der Waals surface area (Å²) in [6.07, 6.45) is -4.60. The highest BCUT2D eigenvalue weighted by atomic mass is 19.4. The molecule has 0 saturated heterocycles. The minimum atomic E-state index is -4.60. The van der Waals surface area contributed by atoms with Crippen molar-refractivity contribution < 1.29 is 17.6 Å². The van der Waals surface area contributed by atoms with E-state index >= 15 is 0 Å². The molecule has 3 nitrogen and oxygen atoms in total. The van der Waals surface area contributed by atoms with Gasteiger partial charge in [0.15, 0.2) is 0 Å². The van der Waals surface area contributed by atoms with Crippen LogP contribution in [0.5, 0.6) is 0 Å². The predicted octanol–water partition coefficient (Wildman–Crippen LogP) is 3.85. The largest absolute Gasteiger partial charge is 0.433 e. The number of hydrogen-bond donors (Lipinski definition) is 1. The van der Waals surface area contributed by atoms with Gasteiger partial charge in [-0.1, -0.05) is 0 Å². The number of nitrogens with one attached hydrogen (secondary N) is 1. The van der Waals surface area contributed by atoms with E-state index < -0.39 is 17.7 Å². The third-order valence-corrected chi connectivity index (χ3v) is 2.41. The molecule has 0 aliphatic rings. The maximum Gasteiger partial charge on any atom is 0.433 e. The van der Waals surface area contributed by atoms with Gasteiger partial charge in [0.05, 0.1) is 5.56 Å². The summed E-state index contributed by atoms with van der Waals surface area (Å²) in [5.41, 5.74) is -0.821. The van der Waals surface area contributed by atoms with E-state index in [9.17, 15) is 17.6 Å². The predicted molar refractivity (Wildman–Crippen MR) is 63.6 cm³/mol. The zero-order valence-corrected chi connectivity index (χ0v) is 9.87. The van der Waals surface area contributed by atoms with E-state index in [1.165, 1.54) is 12.1 Å². The Morgan fingerprint density at radius 2 is 1.70 bits per heavy atom. The number of anilines is 2. The lowest BCUT2D eigenvalue weighted by atomic mass is 10.2. The SMILES string of the molecule is N#Cc1ccc(C(F)(F)F)nc1Nc1ccc(F)cc1. The van der Waals surface area contributed by atoms with Crippen LogP contribution in [-0.2, 0) is 6.18 Å². The fourth-order valence-electron chi connectivity index (χ4n) is 1.47. The number of pyridine rings is 1. The van der Waals surface area contributed by atoms with Crippen molar-refractivity contribution in [3.8, 4) is 6.07 Å². The van der Waals surface area contributed by atoms with Crippen LogP contribution < -0.4 is 5.32 Å². The van der Waals surface area contributed by atoms with Crippen LogP contribution in [-0.4, -0.2) is 4.98 Å². The summed E-state index contributed by atoms with van der Waals surface area (Å²) in [5.74, 6) is -0.706. The average molecular weight is 281 g/mol. The summed E-state index contributed by atoms with van der Waals surface area (Å²) >= 11 is 0. The second-order valence-corrected chi connectivity index (χ2v) is 3.83. The second-order valence-electron chi connectivity index (χ2n) is 3.83. The fraction of sp³-hybridized carbons (Fsp3) is 0.0769. The Morgan fingerprint density at radius 1 is 1.05 bits per heavy atom. The van der Waals surface area contributed by atoms with Gasteiger partial charge < -0.3 is 5.32 Å². The first kappa shape index (κ1) is 13.8. The molecule has 0 bridgehead atoms. The van der Waals surface area contributed by atoms with Crippen molar-refractivity contribution in [2.24, 2.45) is 0 Å². The molecule has 7 heteroatoms. The van der Waals surface area contributed by atoms with E-state index in [0.717, 1.165) is 24.3 Å². The fourth-order valence-corrected chi connectivity index (χ4v) is 1.47. The first-order chi connectivity index (χ1) is 9.40. The van der Waals surface area contributed by atoms with Crippen LogP contribution in [0.2, 0.25) is 0 Å². The monoisotopic (exact) mass is 281 g/mol. The topological polar surface area (TPSA) is 48.7 Å². The van der Waals surface area contributed by atoms with E-state index in [-0.39, 0.29) is 11.4 Å². The smallest absolute Gasteiger partial charge is 0.339 e. The summed E-state index contributed by atoms with van der Waals surface area (Å²) in [5, 5.41) is 11.4. The second kappa shape index (κ2) is 5.17. The van der Waals surface area contributed by atoms with Gasteiger partial charge in [-0.3, -0.25) is 0 Å². The number of nitriles is 1. The molecule has 0 saturated carbocycles. The molecule has 0 spiro atoms. The van der Waals surface area contributed by atoms with E-state index in [2.05, 4.69) is 10.3 Å². The van der Waals surface area contributed by atoms with Gasteiger partial charge in [0, 0.05) is 5.69 Å². The molecule has 1 N–H and O–H groups in total. The lowest BCUT2D eigenvalue weighted by Crippen LogP contribution is -2.10. The highest BCUT2D eigenvalue weighted by molar-refractivity contribution is 5.62. The van der Waals surface area contributed by atoms with Crippen LogP contribution in [0.15, 0.2) is 36.4 Å². The molecule has 0 unspecified atom stereocenters. The van der Waals surface area contributed by atoms with Gasteiger partial charge in [-0.2, -0.15) is 18.4 Å². The van der Waals surface area contributed by atoms with Crippen molar-refractivity contribution in [3.63, 3.8) is 0 Å². The lowest BCUT2D eigenvalue weighted by molar-refractivity contribution is -0.141. The molecule has 0 amide bonds. The van der Waals surface area contributed by atoms with Crippen LogP contribution in [0.3, 0.4) is 0 Å². The van der Waals surface area contributed by atoms with Crippen molar-refractivity contribution >= 4 is 11.5 Å². The van der Waals surface area contributed by atoms with Crippen LogP contribution >= 0.6 is 0 Å². The molecule has 1 aromatic carbocycles. The van der Waals surface area contributed by atoms with E-state index in [1.807, 2.05) is 0 Å². The molecule has 0 aliphatic carbocycles. The lowest BCUT2D eigenvalue weighted by Gasteiger charge is -2.11. The number of aromatic nitrogens is 1.